The van der Waals surface area contributed by atoms with Crippen molar-refractivity contribution < 1.29 is 8.78 Å². The Morgan fingerprint density at radius 1 is 1.05 bits per heavy atom. The van der Waals surface area contributed by atoms with Gasteiger partial charge in [-0.1, -0.05) is 59.5 Å². The summed E-state index contributed by atoms with van der Waals surface area (Å²) in [6, 6.07) is 19.4. The molecule has 0 saturated heterocycles. The minimum absolute atomic E-state index is 0.459. The van der Waals surface area contributed by atoms with Crippen molar-refractivity contribution in [1.29, 1.82) is 0 Å². The van der Waals surface area contributed by atoms with Gasteiger partial charge in [0.2, 0.25) is 0 Å². The maximum absolute atomic E-state index is 13.6. The zero-order chi connectivity index (χ0) is 26.5. The summed E-state index contributed by atoms with van der Waals surface area (Å²) in [5, 5.41) is 8.01. The fourth-order valence-corrected chi connectivity index (χ4v) is 5.10. The smallest absolute Gasteiger partial charge is 0.128 e. The zero-order valence-corrected chi connectivity index (χ0v) is 23.0. The van der Waals surface area contributed by atoms with Gasteiger partial charge >= 0.3 is 0 Å². The predicted octanol–water partition coefficient (Wildman–Crippen LogP) is 7.93. The lowest BCUT2D eigenvalue weighted by Gasteiger charge is -2.16. The average molecular weight is 582 g/mol. The summed E-state index contributed by atoms with van der Waals surface area (Å²) in [6.45, 7) is 8.85. The van der Waals surface area contributed by atoms with Gasteiger partial charge in [-0.3, -0.25) is 0 Å². The van der Waals surface area contributed by atoms with E-state index in [4.69, 9.17) is 0 Å². The Labute approximate surface area is 226 Å². The molecule has 1 aromatic heterocycles. The van der Waals surface area contributed by atoms with Crippen LogP contribution in [-0.4, -0.2) is 15.7 Å². The molecule has 37 heavy (non-hydrogen) atoms. The third kappa shape index (κ3) is 6.64. The summed E-state index contributed by atoms with van der Waals surface area (Å²) in [5.41, 5.74) is 5.83. The molecular formula is C29H27BrF2N4S. The number of nitrogens with zero attached hydrogens (tertiary/aromatic N) is 2. The van der Waals surface area contributed by atoms with Gasteiger partial charge in [0.15, 0.2) is 0 Å². The van der Waals surface area contributed by atoms with Gasteiger partial charge in [-0.2, -0.15) is 5.10 Å². The molecule has 0 amide bonds. The maximum atomic E-state index is 13.6. The van der Waals surface area contributed by atoms with Crippen molar-refractivity contribution in [2.24, 2.45) is 0 Å². The lowest BCUT2D eigenvalue weighted by Crippen LogP contribution is -2.19. The first-order valence-corrected chi connectivity index (χ1v) is 13.7. The Morgan fingerprint density at radius 2 is 1.78 bits per heavy atom. The lowest BCUT2D eigenvalue weighted by atomic mass is 10.0. The Balaban J connectivity index is 1.55. The van der Waals surface area contributed by atoms with E-state index in [0.29, 0.717) is 11.4 Å². The second-order valence-electron chi connectivity index (χ2n) is 8.51. The van der Waals surface area contributed by atoms with Crippen LogP contribution in [0.5, 0.6) is 0 Å². The van der Waals surface area contributed by atoms with Crippen molar-refractivity contribution in [2.75, 3.05) is 4.72 Å². The molecule has 0 aliphatic carbocycles. The normalized spacial score (nSPS) is 12.3. The minimum Gasteiger partial charge on any atom is -0.366 e. The van der Waals surface area contributed by atoms with Crippen LogP contribution in [-0.2, 0) is 6.54 Å². The van der Waals surface area contributed by atoms with Gasteiger partial charge in [-0.05, 0) is 82.4 Å². The number of hydrogen-bond acceptors (Lipinski definition) is 3. The van der Waals surface area contributed by atoms with E-state index in [9.17, 15) is 8.78 Å². The number of aromatic nitrogens is 2. The SMILES string of the molecule is C=C(/C=C(/NCc1cccc(NS(=C)c2cc(F)cc(F)c2)c1)n1ncc(Br)c1C)c1ccccc1C. The number of allylic oxidation sites excluding steroid dienone is 2. The van der Waals surface area contributed by atoms with E-state index < -0.39 is 22.3 Å². The highest BCUT2D eigenvalue weighted by atomic mass is 79.9. The molecule has 8 heteroatoms. The molecule has 0 aliphatic heterocycles. The first kappa shape index (κ1) is 26.6. The van der Waals surface area contributed by atoms with Crippen LogP contribution in [0, 0.1) is 25.5 Å². The monoisotopic (exact) mass is 580 g/mol. The van der Waals surface area contributed by atoms with Crippen LogP contribution in [0.2, 0.25) is 0 Å². The topological polar surface area (TPSA) is 41.9 Å². The molecule has 190 valence electrons. The number of anilines is 1. The lowest BCUT2D eigenvalue weighted by molar-refractivity contribution is 0.577. The molecule has 0 bridgehead atoms. The van der Waals surface area contributed by atoms with E-state index in [-0.39, 0.29) is 0 Å². The molecule has 0 spiro atoms. The fourth-order valence-electron chi connectivity index (χ4n) is 3.80. The minimum atomic E-state index is -0.830. The van der Waals surface area contributed by atoms with E-state index in [1.807, 2.05) is 60.1 Å². The zero-order valence-electron chi connectivity index (χ0n) is 20.6. The van der Waals surface area contributed by atoms with Crippen LogP contribution in [0.15, 0.2) is 95.0 Å². The first-order valence-electron chi connectivity index (χ1n) is 11.5. The first-order chi connectivity index (χ1) is 17.7. The van der Waals surface area contributed by atoms with E-state index in [0.717, 1.165) is 50.0 Å². The van der Waals surface area contributed by atoms with Crippen molar-refractivity contribution >= 4 is 49.6 Å². The van der Waals surface area contributed by atoms with E-state index in [2.05, 4.69) is 56.5 Å². The van der Waals surface area contributed by atoms with Crippen LogP contribution in [0.1, 0.15) is 22.4 Å². The average Bonchev–Trinajstić information content (AvgIpc) is 3.19. The van der Waals surface area contributed by atoms with Crippen LogP contribution < -0.4 is 10.0 Å². The quantitative estimate of drug-likeness (QED) is 0.156. The number of halogens is 3. The van der Waals surface area contributed by atoms with Crippen LogP contribution >= 0.6 is 26.6 Å². The summed E-state index contributed by atoms with van der Waals surface area (Å²) in [5.74, 6) is 3.58. The summed E-state index contributed by atoms with van der Waals surface area (Å²) < 4.78 is 33.3. The van der Waals surface area contributed by atoms with E-state index >= 15 is 0 Å². The highest BCUT2D eigenvalue weighted by Crippen LogP contribution is 2.28. The Morgan fingerprint density at radius 3 is 2.46 bits per heavy atom. The van der Waals surface area contributed by atoms with Crippen LogP contribution in [0.3, 0.4) is 0 Å². The number of rotatable bonds is 9. The molecule has 4 rings (SSSR count). The van der Waals surface area contributed by atoms with Crippen molar-refractivity contribution in [1.82, 2.24) is 15.1 Å². The van der Waals surface area contributed by atoms with Crippen molar-refractivity contribution in [2.45, 2.75) is 25.3 Å². The molecule has 2 N–H and O–H groups in total. The third-order valence-corrected chi connectivity index (χ3v) is 7.81. The van der Waals surface area contributed by atoms with Crippen LogP contribution in [0.4, 0.5) is 14.5 Å². The standard InChI is InChI=1S/C29H27BrF2N4S/c1-19-8-5-6-11-27(19)20(2)12-29(36-21(3)28(30)18-34-36)33-17-22-9-7-10-25(13-22)35-37(4)26-15-23(31)14-24(32)16-26/h5-16,18,33,35H,2,4,17H2,1,3H3/b29-12-. The van der Waals surface area contributed by atoms with Crippen molar-refractivity contribution in [3.63, 3.8) is 0 Å². The molecule has 1 unspecified atom stereocenters. The van der Waals surface area contributed by atoms with Gasteiger partial charge in [0.1, 0.15) is 17.5 Å². The Kier molecular flexibility index (Phi) is 8.41. The van der Waals surface area contributed by atoms with Gasteiger partial charge in [-0.15, -0.1) is 0 Å². The highest BCUT2D eigenvalue weighted by molar-refractivity contribution is 9.10. The Hall–Kier alpha value is -3.49. The summed E-state index contributed by atoms with van der Waals surface area (Å²) in [7, 11) is -0.830. The Bertz CT molecular complexity index is 1490. The van der Waals surface area contributed by atoms with Gasteiger partial charge in [0.25, 0.3) is 0 Å². The number of benzene rings is 3. The van der Waals surface area contributed by atoms with Crippen molar-refractivity contribution in [3.8, 4) is 0 Å². The molecular weight excluding hydrogens is 554 g/mol. The molecule has 0 saturated carbocycles. The molecule has 0 fully saturated rings. The largest absolute Gasteiger partial charge is 0.366 e. The molecule has 1 atom stereocenters. The van der Waals surface area contributed by atoms with Gasteiger partial charge in [0, 0.05) is 23.2 Å². The summed E-state index contributed by atoms with van der Waals surface area (Å²) in [4.78, 5) is 0.459. The molecule has 4 nitrogen and oxygen atoms in total. The van der Waals surface area contributed by atoms with Crippen molar-refractivity contribution in [3.05, 3.63) is 124 Å². The van der Waals surface area contributed by atoms with Gasteiger partial charge < -0.3 is 10.0 Å². The number of hydrogen-bond donors (Lipinski definition) is 2. The molecule has 1 heterocycles. The third-order valence-electron chi connectivity index (χ3n) is 5.74. The molecule has 3 aromatic carbocycles. The molecule has 0 aliphatic rings. The second kappa shape index (κ2) is 11.7. The van der Waals surface area contributed by atoms with E-state index in [1.165, 1.54) is 12.1 Å². The van der Waals surface area contributed by atoms with Gasteiger partial charge in [-0.25, -0.2) is 13.5 Å². The molecule has 0 radical (unpaired) electrons. The number of nitrogens with one attached hydrogen (secondary N) is 2. The second-order valence-corrected chi connectivity index (χ2v) is 10.8. The fraction of sp³-hybridized carbons (Fsp3) is 0.103. The number of aryl methyl sites for hydroxylation is 1. The highest BCUT2D eigenvalue weighted by Gasteiger charge is 2.11. The van der Waals surface area contributed by atoms with E-state index in [1.54, 1.807) is 6.20 Å². The molecule has 4 aromatic rings. The summed E-state index contributed by atoms with van der Waals surface area (Å²) in [6.07, 6.45) is 3.75. The van der Waals surface area contributed by atoms with Crippen LogP contribution in [0.25, 0.3) is 11.4 Å². The van der Waals surface area contributed by atoms with Gasteiger partial charge in [0.05, 0.1) is 16.4 Å². The maximum Gasteiger partial charge on any atom is 0.128 e. The summed E-state index contributed by atoms with van der Waals surface area (Å²) >= 11 is 3.54. The predicted molar refractivity (Wildman–Crippen MR) is 155 cm³/mol.